The molecular weight excluding hydrogens is 224 g/mol. The quantitative estimate of drug-likeness (QED) is 0.893. The van der Waals surface area contributed by atoms with Crippen molar-refractivity contribution in [2.24, 2.45) is 0 Å². The Morgan fingerprint density at radius 3 is 2.78 bits per heavy atom. The van der Waals surface area contributed by atoms with Gasteiger partial charge < -0.3 is 9.73 Å². The highest BCUT2D eigenvalue weighted by Crippen LogP contribution is 2.18. The first-order valence-corrected chi connectivity index (χ1v) is 6.32. The van der Waals surface area contributed by atoms with Gasteiger partial charge >= 0.3 is 0 Å². The number of furan rings is 1. The summed E-state index contributed by atoms with van der Waals surface area (Å²) in [6.07, 6.45) is 3.54. The lowest BCUT2D eigenvalue weighted by molar-refractivity contribution is 0.318. The lowest BCUT2D eigenvalue weighted by Gasteiger charge is -2.16. The van der Waals surface area contributed by atoms with Crippen LogP contribution in [0.2, 0.25) is 0 Å². The van der Waals surface area contributed by atoms with Crippen LogP contribution in [0.25, 0.3) is 0 Å². The lowest BCUT2D eigenvalue weighted by atomic mass is 10.1. The zero-order valence-electron chi connectivity index (χ0n) is 10.6. The monoisotopic (exact) mass is 242 g/mol. The average Bonchev–Trinajstić information content (AvgIpc) is 2.98. The summed E-state index contributed by atoms with van der Waals surface area (Å²) in [7, 11) is 2.14. The molecule has 0 bridgehead atoms. The van der Waals surface area contributed by atoms with Gasteiger partial charge in [-0.25, -0.2) is 0 Å². The summed E-state index contributed by atoms with van der Waals surface area (Å²) in [5, 5.41) is 3.38. The summed E-state index contributed by atoms with van der Waals surface area (Å²) < 4.78 is 5.09. The van der Waals surface area contributed by atoms with Gasteiger partial charge in [0.2, 0.25) is 0 Å². The Bertz CT molecular complexity index is 519. The third-order valence-corrected chi connectivity index (χ3v) is 3.39. The van der Waals surface area contributed by atoms with Crippen molar-refractivity contribution in [1.82, 2.24) is 10.2 Å². The molecule has 0 fully saturated rings. The molecule has 0 radical (unpaired) electrons. The zero-order chi connectivity index (χ0) is 12.4. The molecule has 0 unspecified atom stereocenters. The highest BCUT2D eigenvalue weighted by Gasteiger charge is 2.11. The average molecular weight is 242 g/mol. The summed E-state index contributed by atoms with van der Waals surface area (Å²) in [6.45, 7) is 3.92. The smallest absolute Gasteiger partial charge is 0.0947 e. The van der Waals surface area contributed by atoms with E-state index < -0.39 is 0 Å². The minimum Gasteiger partial charge on any atom is -0.472 e. The second-order valence-electron chi connectivity index (χ2n) is 5.01. The molecule has 2 aromatic rings. The summed E-state index contributed by atoms with van der Waals surface area (Å²) in [4.78, 5) is 2.30. The van der Waals surface area contributed by atoms with Crippen molar-refractivity contribution in [3.63, 3.8) is 0 Å². The maximum Gasteiger partial charge on any atom is 0.0947 e. The Morgan fingerprint density at radius 1 is 1.11 bits per heavy atom. The summed E-state index contributed by atoms with van der Waals surface area (Å²) in [5.41, 5.74) is 5.49. The number of nitrogens with zero attached hydrogens (tertiary/aromatic N) is 1. The van der Waals surface area contributed by atoms with Gasteiger partial charge in [0, 0.05) is 31.7 Å². The minimum atomic E-state index is 0.922. The second-order valence-corrected chi connectivity index (χ2v) is 5.01. The molecule has 1 aromatic carbocycles. The normalized spacial score (nSPS) is 14.1. The van der Waals surface area contributed by atoms with Crippen molar-refractivity contribution in [3.05, 3.63) is 59.0 Å². The van der Waals surface area contributed by atoms with E-state index in [2.05, 4.69) is 35.5 Å². The molecule has 94 valence electrons. The van der Waals surface area contributed by atoms with E-state index in [-0.39, 0.29) is 0 Å². The van der Waals surface area contributed by atoms with Crippen molar-refractivity contribution in [2.45, 2.75) is 26.2 Å². The Kier molecular flexibility index (Phi) is 3.17. The predicted molar refractivity (Wildman–Crippen MR) is 70.9 cm³/mol. The molecule has 0 aliphatic carbocycles. The third-order valence-electron chi connectivity index (χ3n) is 3.39. The van der Waals surface area contributed by atoms with Crippen molar-refractivity contribution >= 4 is 0 Å². The fourth-order valence-electron chi connectivity index (χ4n) is 2.51. The van der Waals surface area contributed by atoms with E-state index in [1.54, 1.807) is 6.26 Å². The fourth-order valence-corrected chi connectivity index (χ4v) is 2.51. The standard InChI is InChI=1S/C15H18N2O/c1-17(10-13-4-5-18-11-13)9-12-2-3-14-7-16-8-15(14)6-12/h2-6,11,16H,7-10H2,1H3. The molecule has 2 heterocycles. The first kappa shape index (κ1) is 11.5. The molecule has 0 atom stereocenters. The van der Waals surface area contributed by atoms with E-state index in [4.69, 9.17) is 4.42 Å². The molecule has 1 aliphatic rings. The number of hydrogen-bond acceptors (Lipinski definition) is 3. The van der Waals surface area contributed by atoms with Crippen LogP contribution in [-0.2, 0) is 26.2 Å². The molecule has 0 amide bonds. The van der Waals surface area contributed by atoms with Gasteiger partial charge in [0.05, 0.1) is 12.5 Å². The SMILES string of the molecule is CN(Cc1ccoc1)Cc1ccc2c(c1)CNC2. The van der Waals surface area contributed by atoms with E-state index in [0.717, 1.165) is 26.2 Å². The van der Waals surface area contributed by atoms with E-state index in [1.807, 2.05) is 12.3 Å². The largest absolute Gasteiger partial charge is 0.472 e. The zero-order valence-corrected chi connectivity index (χ0v) is 10.6. The van der Waals surface area contributed by atoms with Crippen LogP contribution < -0.4 is 5.32 Å². The van der Waals surface area contributed by atoms with Crippen LogP contribution in [0.15, 0.2) is 41.2 Å². The van der Waals surface area contributed by atoms with Gasteiger partial charge in [0.25, 0.3) is 0 Å². The van der Waals surface area contributed by atoms with Gasteiger partial charge in [-0.2, -0.15) is 0 Å². The molecule has 3 rings (SSSR count). The molecule has 0 saturated carbocycles. The Hall–Kier alpha value is -1.58. The van der Waals surface area contributed by atoms with Gasteiger partial charge in [-0.1, -0.05) is 18.2 Å². The Balaban J connectivity index is 1.65. The lowest BCUT2D eigenvalue weighted by Crippen LogP contribution is -2.16. The molecule has 0 saturated heterocycles. The van der Waals surface area contributed by atoms with Crippen LogP contribution in [0.3, 0.4) is 0 Å². The van der Waals surface area contributed by atoms with Crippen molar-refractivity contribution in [2.75, 3.05) is 7.05 Å². The number of rotatable bonds is 4. The molecular formula is C15H18N2O. The van der Waals surface area contributed by atoms with Crippen LogP contribution in [0.1, 0.15) is 22.3 Å². The van der Waals surface area contributed by atoms with Crippen LogP contribution in [0.4, 0.5) is 0 Å². The van der Waals surface area contributed by atoms with Crippen molar-refractivity contribution < 1.29 is 4.42 Å². The van der Waals surface area contributed by atoms with Crippen molar-refractivity contribution in [3.8, 4) is 0 Å². The molecule has 1 aromatic heterocycles. The maximum atomic E-state index is 5.09. The Labute approximate surface area is 107 Å². The first-order valence-electron chi connectivity index (χ1n) is 6.32. The highest BCUT2D eigenvalue weighted by molar-refractivity contribution is 5.34. The van der Waals surface area contributed by atoms with E-state index >= 15 is 0 Å². The highest BCUT2D eigenvalue weighted by atomic mass is 16.3. The predicted octanol–water partition coefficient (Wildman–Crippen LogP) is 2.51. The van der Waals surface area contributed by atoms with Gasteiger partial charge in [0.1, 0.15) is 0 Å². The first-order chi connectivity index (χ1) is 8.81. The summed E-state index contributed by atoms with van der Waals surface area (Å²) in [5.74, 6) is 0. The third kappa shape index (κ3) is 2.47. The number of hydrogen-bond donors (Lipinski definition) is 1. The molecule has 1 N–H and O–H groups in total. The maximum absolute atomic E-state index is 5.09. The van der Waals surface area contributed by atoms with E-state index in [9.17, 15) is 0 Å². The van der Waals surface area contributed by atoms with Crippen molar-refractivity contribution in [1.29, 1.82) is 0 Å². The van der Waals surface area contributed by atoms with Gasteiger partial charge in [0.15, 0.2) is 0 Å². The van der Waals surface area contributed by atoms with E-state index in [1.165, 1.54) is 22.3 Å². The summed E-state index contributed by atoms with van der Waals surface area (Å²) >= 11 is 0. The van der Waals surface area contributed by atoms with Crippen LogP contribution in [-0.4, -0.2) is 11.9 Å². The second kappa shape index (κ2) is 4.96. The molecule has 18 heavy (non-hydrogen) atoms. The van der Waals surface area contributed by atoms with Gasteiger partial charge in [-0.15, -0.1) is 0 Å². The topological polar surface area (TPSA) is 28.4 Å². The fraction of sp³-hybridized carbons (Fsp3) is 0.333. The van der Waals surface area contributed by atoms with Crippen LogP contribution in [0, 0.1) is 0 Å². The van der Waals surface area contributed by atoms with Gasteiger partial charge in [-0.3, -0.25) is 4.90 Å². The van der Waals surface area contributed by atoms with Crippen LogP contribution in [0.5, 0.6) is 0 Å². The molecule has 0 spiro atoms. The Morgan fingerprint density at radius 2 is 1.94 bits per heavy atom. The number of fused-ring (bicyclic) bond motifs is 1. The van der Waals surface area contributed by atoms with E-state index in [0.29, 0.717) is 0 Å². The number of benzene rings is 1. The summed E-state index contributed by atoms with van der Waals surface area (Å²) in [6, 6.07) is 8.82. The molecule has 3 heteroatoms. The molecule has 3 nitrogen and oxygen atoms in total. The number of nitrogens with one attached hydrogen (secondary N) is 1. The molecule has 1 aliphatic heterocycles. The van der Waals surface area contributed by atoms with Crippen LogP contribution >= 0.6 is 0 Å². The minimum absolute atomic E-state index is 0.922. The van der Waals surface area contributed by atoms with Gasteiger partial charge in [-0.05, 0) is 29.8 Å².